The van der Waals surface area contributed by atoms with Crippen molar-refractivity contribution in [3.8, 4) is 0 Å². The Labute approximate surface area is 117 Å². The van der Waals surface area contributed by atoms with Crippen molar-refractivity contribution in [1.29, 1.82) is 0 Å². The molecule has 4 heteroatoms. The highest BCUT2D eigenvalue weighted by Gasteiger charge is 2.23. The van der Waals surface area contributed by atoms with Gasteiger partial charge in [-0.05, 0) is 45.1 Å². The van der Waals surface area contributed by atoms with E-state index in [9.17, 15) is 4.79 Å². The molecule has 112 valence electrons. The minimum atomic E-state index is 0.244. The van der Waals surface area contributed by atoms with Crippen molar-refractivity contribution in [3.05, 3.63) is 0 Å². The van der Waals surface area contributed by atoms with Gasteiger partial charge in [-0.1, -0.05) is 13.3 Å². The van der Waals surface area contributed by atoms with Gasteiger partial charge in [0.1, 0.15) is 0 Å². The number of likely N-dealkylation sites (tertiary alicyclic amines) is 1. The molecule has 0 aliphatic carbocycles. The molecular weight excluding hydrogens is 240 g/mol. The largest absolute Gasteiger partial charge is 0.377 e. The smallest absolute Gasteiger partial charge is 0.222 e. The number of nitrogens with two attached hydrogens (primary N) is 1. The molecule has 2 unspecified atom stereocenters. The van der Waals surface area contributed by atoms with Gasteiger partial charge in [0.05, 0.1) is 6.10 Å². The Balaban J connectivity index is 2.31. The maximum atomic E-state index is 12.2. The van der Waals surface area contributed by atoms with E-state index in [2.05, 4.69) is 6.92 Å². The number of piperidine rings is 1. The second-order valence-corrected chi connectivity index (χ2v) is 5.45. The quantitative estimate of drug-likeness (QED) is 0.735. The first-order chi connectivity index (χ1) is 9.21. The molecule has 2 N–H and O–H groups in total. The van der Waals surface area contributed by atoms with Gasteiger partial charge < -0.3 is 15.4 Å². The summed E-state index contributed by atoms with van der Waals surface area (Å²) in [5, 5.41) is 0. The van der Waals surface area contributed by atoms with Crippen LogP contribution in [0.5, 0.6) is 0 Å². The molecule has 1 rings (SSSR count). The van der Waals surface area contributed by atoms with Crippen LogP contribution in [-0.4, -0.2) is 43.2 Å². The molecule has 4 nitrogen and oxygen atoms in total. The summed E-state index contributed by atoms with van der Waals surface area (Å²) in [5.41, 5.74) is 5.59. The lowest BCUT2D eigenvalue weighted by Crippen LogP contribution is -2.43. The number of nitrogens with zero attached hydrogens (tertiary/aromatic N) is 1. The first kappa shape index (κ1) is 16.4. The van der Waals surface area contributed by atoms with Crippen LogP contribution >= 0.6 is 0 Å². The predicted molar refractivity (Wildman–Crippen MR) is 77.9 cm³/mol. The number of hydrogen-bond acceptors (Lipinski definition) is 3. The average molecular weight is 270 g/mol. The molecule has 1 heterocycles. The van der Waals surface area contributed by atoms with Crippen LogP contribution in [0.15, 0.2) is 0 Å². The number of carbonyl (C=O) groups is 1. The molecule has 1 fully saturated rings. The van der Waals surface area contributed by atoms with Crippen LogP contribution in [-0.2, 0) is 9.53 Å². The maximum absolute atomic E-state index is 12.2. The standard InChI is InChI=1S/C15H30N2O2/c1-3-13(9-10-16)7-8-15(18)17-11-5-6-14(12-17)19-4-2/h13-14H,3-12,16H2,1-2H3. The van der Waals surface area contributed by atoms with Crippen molar-refractivity contribution in [2.75, 3.05) is 26.2 Å². The summed E-state index contributed by atoms with van der Waals surface area (Å²) in [4.78, 5) is 14.2. The van der Waals surface area contributed by atoms with E-state index in [1.807, 2.05) is 11.8 Å². The molecule has 0 spiro atoms. The van der Waals surface area contributed by atoms with Crippen LogP contribution in [0.1, 0.15) is 52.4 Å². The van der Waals surface area contributed by atoms with E-state index in [0.29, 0.717) is 18.2 Å². The minimum Gasteiger partial charge on any atom is -0.377 e. The van der Waals surface area contributed by atoms with Crippen LogP contribution in [0.25, 0.3) is 0 Å². The van der Waals surface area contributed by atoms with Crippen LogP contribution < -0.4 is 5.73 Å². The van der Waals surface area contributed by atoms with Gasteiger partial charge in [-0.15, -0.1) is 0 Å². The SMILES string of the molecule is CCOC1CCCN(C(=O)CCC(CC)CCN)C1. The highest BCUT2D eigenvalue weighted by atomic mass is 16.5. The molecule has 0 aromatic rings. The number of carbonyl (C=O) groups excluding carboxylic acids is 1. The van der Waals surface area contributed by atoms with Gasteiger partial charge in [-0.2, -0.15) is 0 Å². The third-order valence-corrected chi connectivity index (χ3v) is 4.05. The summed E-state index contributed by atoms with van der Waals surface area (Å²) < 4.78 is 5.64. The summed E-state index contributed by atoms with van der Waals surface area (Å²) in [6, 6.07) is 0. The zero-order chi connectivity index (χ0) is 14.1. The number of hydrogen-bond donors (Lipinski definition) is 1. The lowest BCUT2D eigenvalue weighted by atomic mass is 9.96. The van der Waals surface area contributed by atoms with E-state index >= 15 is 0 Å². The molecule has 1 aliphatic heterocycles. The zero-order valence-corrected chi connectivity index (χ0v) is 12.6. The van der Waals surface area contributed by atoms with Gasteiger partial charge in [0.2, 0.25) is 5.91 Å². The third kappa shape index (κ3) is 5.91. The minimum absolute atomic E-state index is 0.244. The Kier molecular flexibility index (Phi) is 8.07. The zero-order valence-electron chi connectivity index (χ0n) is 12.6. The Morgan fingerprint density at radius 3 is 2.84 bits per heavy atom. The molecule has 2 atom stereocenters. The predicted octanol–water partition coefficient (Wildman–Crippen LogP) is 2.17. The van der Waals surface area contributed by atoms with Crippen LogP contribution in [0, 0.1) is 5.92 Å². The lowest BCUT2D eigenvalue weighted by Gasteiger charge is -2.32. The fourth-order valence-corrected chi connectivity index (χ4v) is 2.81. The van der Waals surface area contributed by atoms with Crippen LogP contribution in [0.3, 0.4) is 0 Å². The van der Waals surface area contributed by atoms with Crippen molar-refractivity contribution in [2.45, 2.75) is 58.5 Å². The molecule has 0 bridgehead atoms. The molecular formula is C15H30N2O2. The van der Waals surface area contributed by atoms with E-state index in [-0.39, 0.29) is 6.10 Å². The van der Waals surface area contributed by atoms with Crippen molar-refractivity contribution in [3.63, 3.8) is 0 Å². The van der Waals surface area contributed by atoms with Gasteiger partial charge in [-0.25, -0.2) is 0 Å². The Hall–Kier alpha value is -0.610. The van der Waals surface area contributed by atoms with E-state index in [1.165, 1.54) is 0 Å². The Bertz CT molecular complexity index is 257. The number of ether oxygens (including phenoxy) is 1. The van der Waals surface area contributed by atoms with Crippen molar-refractivity contribution >= 4 is 5.91 Å². The number of amides is 1. The molecule has 1 aliphatic rings. The molecule has 1 saturated heterocycles. The first-order valence-electron chi connectivity index (χ1n) is 7.80. The summed E-state index contributed by atoms with van der Waals surface area (Å²) in [7, 11) is 0. The van der Waals surface area contributed by atoms with Crippen molar-refractivity contribution < 1.29 is 9.53 Å². The van der Waals surface area contributed by atoms with Crippen molar-refractivity contribution in [2.24, 2.45) is 11.7 Å². The molecule has 0 aromatic heterocycles. The second-order valence-electron chi connectivity index (χ2n) is 5.45. The Morgan fingerprint density at radius 2 is 2.21 bits per heavy atom. The van der Waals surface area contributed by atoms with E-state index in [4.69, 9.17) is 10.5 Å². The summed E-state index contributed by atoms with van der Waals surface area (Å²) >= 11 is 0. The maximum Gasteiger partial charge on any atom is 0.222 e. The lowest BCUT2D eigenvalue weighted by molar-refractivity contribution is -0.135. The van der Waals surface area contributed by atoms with Gasteiger partial charge in [-0.3, -0.25) is 4.79 Å². The molecule has 0 aromatic carbocycles. The third-order valence-electron chi connectivity index (χ3n) is 4.05. The van der Waals surface area contributed by atoms with Gasteiger partial charge in [0, 0.05) is 26.1 Å². The van der Waals surface area contributed by atoms with Crippen molar-refractivity contribution in [1.82, 2.24) is 4.90 Å². The summed E-state index contributed by atoms with van der Waals surface area (Å²) in [5.74, 6) is 0.890. The molecule has 1 amide bonds. The fraction of sp³-hybridized carbons (Fsp3) is 0.933. The number of rotatable bonds is 8. The monoisotopic (exact) mass is 270 g/mol. The second kappa shape index (κ2) is 9.32. The Morgan fingerprint density at radius 1 is 1.42 bits per heavy atom. The molecule has 0 saturated carbocycles. The topological polar surface area (TPSA) is 55.6 Å². The highest BCUT2D eigenvalue weighted by Crippen LogP contribution is 2.18. The summed E-state index contributed by atoms with van der Waals surface area (Å²) in [6.07, 6.45) is 6.18. The fourth-order valence-electron chi connectivity index (χ4n) is 2.81. The average Bonchev–Trinajstić information content (AvgIpc) is 2.43. The van der Waals surface area contributed by atoms with E-state index in [1.54, 1.807) is 0 Å². The van der Waals surface area contributed by atoms with E-state index in [0.717, 1.165) is 58.3 Å². The van der Waals surface area contributed by atoms with Crippen LogP contribution in [0.2, 0.25) is 0 Å². The normalized spacial score (nSPS) is 21.4. The highest BCUT2D eigenvalue weighted by molar-refractivity contribution is 5.76. The van der Waals surface area contributed by atoms with Gasteiger partial charge in [0.15, 0.2) is 0 Å². The van der Waals surface area contributed by atoms with Gasteiger partial charge in [0.25, 0.3) is 0 Å². The van der Waals surface area contributed by atoms with Crippen LogP contribution in [0.4, 0.5) is 0 Å². The van der Waals surface area contributed by atoms with E-state index < -0.39 is 0 Å². The molecule has 0 radical (unpaired) electrons. The van der Waals surface area contributed by atoms with Gasteiger partial charge >= 0.3 is 0 Å². The molecule has 19 heavy (non-hydrogen) atoms. The summed E-state index contributed by atoms with van der Waals surface area (Å²) in [6.45, 7) is 7.33. The first-order valence-corrected chi connectivity index (χ1v) is 7.80.